The third kappa shape index (κ3) is 4.53. The van der Waals surface area contributed by atoms with Crippen molar-refractivity contribution >= 4 is 12.0 Å². The van der Waals surface area contributed by atoms with Crippen molar-refractivity contribution in [2.45, 2.75) is 19.8 Å². The highest BCUT2D eigenvalue weighted by Gasteiger charge is 2.42. The zero-order chi connectivity index (χ0) is 17.6. The molecule has 1 aliphatic heterocycles. The van der Waals surface area contributed by atoms with Gasteiger partial charge in [-0.05, 0) is 31.9 Å². The molecule has 1 aromatic carbocycles. The second-order valence-corrected chi connectivity index (χ2v) is 6.15. The van der Waals surface area contributed by atoms with Gasteiger partial charge in [0.2, 0.25) is 0 Å². The SMILES string of the molecule is COc1cccc(OCCCNC(=O)N2CCC(C)(C(=O)O)C2)c1. The number of urea groups is 1. The molecule has 0 aliphatic carbocycles. The molecule has 7 nitrogen and oxygen atoms in total. The van der Waals surface area contributed by atoms with Gasteiger partial charge in [-0.3, -0.25) is 4.79 Å². The first kappa shape index (κ1) is 17.9. The molecule has 1 atom stereocenters. The van der Waals surface area contributed by atoms with Crippen LogP contribution in [0.25, 0.3) is 0 Å². The van der Waals surface area contributed by atoms with E-state index in [0.29, 0.717) is 32.5 Å². The number of nitrogens with zero attached hydrogens (tertiary/aromatic N) is 1. The summed E-state index contributed by atoms with van der Waals surface area (Å²) in [5.41, 5.74) is -0.840. The van der Waals surface area contributed by atoms with Crippen LogP contribution in [0.2, 0.25) is 0 Å². The van der Waals surface area contributed by atoms with Crippen LogP contribution in [0.4, 0.5) is 4.79 Å². The monoisotopic (exact) mass is 336 g/mol. The predicted molar refractivity (Wildman–Crippen MR) is 88.4 cm³/mol. The van der Waals surface area contributed by atoms with E-state index in [0.717, 1.165) is 11.5 Å². The lowest BCUT2D eigenvalue weighted by Gasteiger charge is -2.20. The number of rotatable bonds is 7. The lowest BCUT2D eigenvalue weighted by Crippen LogP contribution is -2.41. The van der Waals surface area contributed by atoms with E-state index < -0.39 is 11.4 Å². The van der Waals surface area contributed by atoms with Gasteiger partial charge in [0.05, 0.1) is 19.1 Å². The van der Waals surface area contributed by atoms with Crippen LogP contribution in [0.3, 0.4) is 0 Å². The summed E-state index contributed by atoms with van der Waals surface area (Å²) >= 11 is 0. The zero-order valence-electron chi connectivity index (χ0n) is 14.1. The molecule has 132 valence electrons. The van der Waals surface area contributed by atoms with Crippen molar-refractivity contribution in [3.8, 4) is 11.5 Å². The van der Waals surface area contributed by atoms with Gasteiger partial charge >= 0.3 is 12.0 Å². The standard InChI is InChI=1S/C17H24N2O5/c1-17(15(20)21)7-9-19(12-17)16(22)18-8-4-10-24-14-6-3-5-13(11-14)23-2/h3,5-6,11H,4,7-10,12H2,1-2H3,(H,18,22)(H,20,21). The van der Waals surface area contributed by atoms with Gasteiger partial charge in [0.25, 0.3) is 0 Å². The maximum absolute atomic E-state index is 12.0. The molecule has 2 amide bonds. The van der Waals surface area contributed by atoms with Crippen LogP contribution in [0.15, 0.2) is 24.3 Å². The maximum atomic E-state index is 12.0. The summed E-state index contributed by atoms with van der Waals surface area (Å²) in [6, 6.07) is 7.12. The van der Waals surface area contributed by atoms with Gasteiger partial charge in [-0.2, -0.15) is 0 Å². The third-order valence-corrected chi connectivity index (χ3v) is 4.18. The number of hydrogen-bond donors (Lipinski definition) is 2. The summed E-state index contributed by atoms with van der Waals surface area (Å²) in [5, 5.41) is 12.0. The molecule has 0 aromatic heterocycles. The molecule has 1 fully saturated rings. The fraction of sp³-hybridized carbons (Fsp3) is 0.529. The quantitative estimate of drug-likeness (QED) is 0.743. The average molecular weight is 336 g/mol. The van der Waals surface area contributed by atoms with E-state index >= 15 is 0 Å². The molecular formula is C17H24N2O5. The minimum atomic E-state index is -0.857. The van der Waals surface area contributed by atoms with Crippen LogP contribution < -0.4 is 14.8 Å². The Labute approximate surface area is 141 Å². The lowest BCUT2D eigenvalue weighted by atomic mass is 9.90. The summed E-state index contributed by atoms with van der Waals surface area (Å²) in [7, 11) is 1.60. The number of carbonyl (C=O) groups excluding carboxylic acids is 1. The second kappa shape index (κ2) is 7.90. The number of methoxy groups -OCH3 is 1. The highest BCUT2D eigenvalue weighted by atomic mass is 16.5. The fourth-order valence-corrected chi connectivity index (χ4v) is 2.57. The third-order valence-electron chi connectivity index (χ3n) is 4.18. The fourth-order valence-electron chi connectivity index (χ4n) is 2.57. The number of hydrogen-bond acceptors (Lipinski definition) is 4. The summed E-state index contributed by atoms with van der Waals surface area (Å²) in [5.74, 6) is 0.596. The molecule has 1 heterocycles. The Morgan fingerprint density at radius 1 is 1.38 bits per heavy atom. The van der Waals surface area contributed by atoms with Gasteiger partial charge in [-0.25, -0.2) is 4.79 Å². The van der Waals surface area contributed by atoms with E-state index in [2.05, 4.69) is 5.32 Å². The van der Waals surface area contributed by atoms with Gasteiger partial charge < -0.3 is 24.8 Å². The van der Waals surface area contributed by atoms with Crippen LogP contribution >= 0.6 is 0 Å². The molecule has 2 rings (SSSR count). The Hall–Kier alpha value is -2.44. The molecule has 0 bridgehead atoms. The topological polar surface area (TPSA) is 88.1 Å². The Morgan fingerprint density at radius 3 is 2.79 bits per heavy atom. The van der Waals surface area contributed by atoms with E-state index in [-0.39, 0.29) is 12.6 Å². The number of aliphatic carboxylic acids is 1. The summed E-state index contributed by atoms with van der Waals surface area (Å²) < 4.78 is 10.7. The van der Waals surface area contributed by atoms with Gasteiger partial charge in [-0.15, -0.1) is 0 Å². The number of carboxylic acid groups (broad SMARTS) is 1. The first-order chi connectivity index (χ1) is 11.4. The van der Waals surface area contributed by atoms with E-state index in [1.54, 1.807) is 25.0 Å². The van der Waals surface area contributed by atoms with Gasteiger partial charge in [0, 0.05) is 25.7 Å². The molecule has 0 spiro atoms. The maximum Gasteiger partial charge on any atom is 0.317 e. The summed E-state index contributed by atoms with van der Waals surface area (Å²) in [6.07, 6.45) is 1.14. The van der Waals surface area contributed by atoms with Crippen molar-refractivity contribution in [1.29, 1.82) is 0 Å². The van der Waals surface area contributed by atoms with Crippen molar-refractivity contribution in [1.82, 2.24) is 10.2 Å². The minimum Gasteiger partial charge on any atom is -0.497 e. The van der Waals surface area contributed by atoms with E-state index in [1.807, 2.05) is 18.2 Å². The van der Waals surface area contributed by atoms with E-state index in [1.165, 1.54) is 0 Å². The Bertz CT molecular complexity index is 592. The predicted octanol–water partition coefficient (Wildman–Crippen LogP) is 1.97. The Kier molecular flexibility index (Phi) is 5.89. The van der Waals surface area contributed by atoms with Crippen LogP contribution in [0.5, 0.6) is 11.5 Å². The van der Waals surface area contributed by atoms with Crippen LogP contribution in [-0.4, -0.2) is 55.4 Å². The molecule has 1 saturated heterocycles. The molecule has 24 heavy (non-hydrogen) atoms. The summed E-state index contributed by atoms with van der Waals surface area (Å²) in [6.45, 7) is 3.33. The lowest BCUT2D eigenvalue weighted by molar-refractivity contribution is -0.146. The molecule has 1 unspecified atom stereocenters. The van der Waals surface area contributed by atoms with Crippen molar-refractivity contribution in [3.63, 3.8) is 0 Å². The van der Waals surface area contributed by atoms with Crippen molar-refractivity contribution in [3.05, 3.63) is 24.3 Å². The highest BCUT2D eigenvalue weighted by Crippen LogP contribution is 2.29. The van der Waals surface area contributed by atoms with Crippen molar-refractivity contribution in [2.75, 3.05) is 33.4 Å². The first-order valence-corrected chi connectivity index (χ1v) is 7.98. The average Bonchev–Trinajstić information content (AvgIpc) is 2.98. The molecular weight excluding hydrogens is 312 g/mol. The first-order valence-electron chi connectivity index (χ1n) is 7.98. The smallest absolute Gasteiger partial charge is 0.317 e. The van der Waals surface area contributed by atoms with Crippen molar-refractivity contribution < 1.29 is 24.2 Å². The van der Waals surface area contributed by atoms with E-state index in [4.69, 9.17) is 9.47 Å². The van der Waals surface area contributed by atoms with Gasteiger partial charge in [-0.1, -0.05) is 6.07 Å². The molecule has 0 saturated carbocycles. The Balaban J connectivity index is 1.65. The number of benzene rings is 1. The molecule has 1 aliphatic rings. The highest BCUT2D eigenvalue weighted by molar-refractivity contribution is 5.79. The van der Waals surface area contributed by atoms with Crippen molar-refractivity contribution in [2.24, 2.45) is 5.41 Å². The van der Waals surface area contributed by atoms with Gasteiger partial charge in [0.1, 0.15) is 11.5 Å². The number of likely N-dealkylation sites (tertiary alicyclic amines) is 1. The van der Waals surface area contributed by atoms with Crippen LogP contribution in [0.1, 0.15) is 19.8 Å². The Morgan fingerprint density at radius 2 is 2.12 bits per heavy atom. The molecule has 7 heteroatoms. The summed E-state index contributed by atoms with van der Waals surface area (Å²) in [4.78, 5) is 24.8. The largest absolute Gasteiger partial charge is 0.497 e. The molecule has 2 N–H and O–H groups in total. The number of amides is 2. The van der Waals surface area contributed by atoms with E-state index in [9.17, 15) is 14.7 Å². The zero-order valence-corrected chi connectivity index (χ0v) is 14.1. The number of carboxylic acids is 1. The normalized spacial score (nSPS) is 19.8. The number of carbonyl (C=O) groups is 2. The second-order valence-electron chi connectivity index (χ2n) is 6.15. The van der Waals surface area contributed by atoms with Gasteiger partial charge in [0.15, 0.2) is 0 Å². The van der Waals surface area contributed by atoms with Crippen LogP contribution in [0, 0.1) is 5.41 Å². The molecule has 0 radical (unpaired) electrons. The minimum absolute atomic E-state index is 0.221. The number of ether oxygens (including phenoxy) is 2. The molecule has 1 aromatic rings. The van der Waals surface area contributed by atoms with Crippen LogP contribution in [-0.2, 0) is 4.79 Å². The number of nitrogens with one attached hydrogen (secondary N) is 1.